The molecule has 1 aliphatic rings. The molecular weight excluding hydrogens is 358 g/mol. The van der Waals surface area contributed by atoms with Gasteiger partial charge in [-0.05, 0) is 34.7 Å². The lowest BCUT2D eigenvalue weighted by molar-refractivity contribution is -0.122. The van der Waals surface area contributed by atoms with Crippen molar-refractivity contribution in [1.82, 2.24) is 10.2 Å². The van der Waals surface area contributed by atoms with Crippen LogP contribution in [0.4, 0.5) is 5.69 Å². The number of nitrogens with two attached hydrogens (primary N) is 1. The molecule has 0 bridgehead atoms. The van der Waals surface area contributed by atoms with E-state index in [1.165, 1.54) is 16.7 Å². The topological polar surface area (TPSA) is 58.4 Å². The molecule has 3 aromatic carbocycles. The minimum absolute atomic E-state index is 0.0554. The largest absolute Gasteiger partial charge is 0.398 e. The summed E-state index contributed by atoms with van der Waals surface area (Å²) in [4.78, 5) is 14.9. The smallest absolute Gasteiger partial charge is 0.234 e. The molecule has 0 radical (unpaired) electrons. The molecule has 0 atom stereocenters. The minimum Gasteiger partial charge on any atom is -0.398 e. The number of amides is 1. The lowest BCUT2D eigenvalue weighted by Crippen LogP contribution is -2.41. The molecule has 3 aromatic rings. The first-order valence-corrected chi connectivity index (χ1v) is 10.2. The van der Waals surface area contributed by atoms with E-state index in [0.29, 0.717) is 13.1 Å². The Labute approximate surface area is 172 Å². The van der Waals surface area contributed by atoms with Gasteiger partial charge < -0.3 is 11.1 Å². The second-order valence-corrected chi connectivity index (χ2v) is 7.62. The van der Waals surface area contributed by atoms with E-state index >= 15 is 0 Å². The zero-order valence-corrected chi connectivity index (χ0v) is 16.6. The van der Waals surface area contributed by atoms with E-state index < -0.39 is 0 Å². The second kappa shape index (κ2) is 8.93. The van der Waals surface area contributed by atoms with Crippen molar-refractivity contribution in [2.45, 2.75) is 18.9 Å². The molecular formula is C25H27N3O. The molecule has 4 nitrogen and oxygen atoms in total. The molecule has 0 saturated heterocycles. The van der Waals surface area contributed by atoms with Gasteiger partial charge in [-0.15, -0.1) is 0 Å². The maximum atomic E-state index is 12.7. The van der Waals surface area contributed by atoms with Gasteiger partial charge in [0.05, 0.1) is 6.54 Å². The molecule has 148 valence electrons. The maximum Gasteiger partial charge on any atom is 0.234 e. The molecule has 4 heteroatoms. The van der Waals surface area contributed by atoms with E-state index in [4.69, 9.17) is 5.73 Å². The number of benzene rings is 3. The standard InChI is InChI=1S/C25H27N3O/c26-24-13-7-12-21-14-15-28(17-23(21)24)18-25(29)27-16-22(19-8-3-1-4-9-19)20-10-5-2-6-11-20/h1-13,22H,14-18,26H2,(H,27,29). The van der Waals surface area contributed by atoms with Crippen LogP contribution in [0.25, 0.3) is 0 Å². The molecule has 29 heavy (non-hydrogen) atoms. The zero-order chi connectivity index (χ0) is 20.1. The predicted molar refractivity (Wildman–Crippen MR) is 118 cm³/mol. The van der Waals surface area contributed by atoms with Crippen molar-refractivity contribution in [2.24, 2.45) is 0 Å². The number of anilines is 1. The highest BCUT2D eigenvalue weighted by molar-refractivity contribution is 5.78. The fourth-order valence-corrected chi connectivity index (χ4v) is 4.07. The number of hydrogen-bond donors (Lipinski definition) is 2. The van der Waals surface area contributed by atoms with Gasteiger partial charge in [-0.2, -0.15) is 0 Å². The van der Waals surface area contributed by atoms with Crippen LogP contribution in [-0.4, -0.2) is 30.4 Å². The van der Waals surface area contributed by atoms with Crippen molar-refractivity contribution in [1.29, 1.82) is 0 Å². The number of rotatable bonds is 6. The van der Waals surface area contributed by atoms with Gasteiger partial charge in [-0.3, -0.25) is 9.69 Å². The molecule has 0 spiro atoms. The number of fused-ring (bicyclic) bond motifs is 1. The van der Waals surface area contributed by atoms with Gasteiger partial charge in [0.15, 0.2) is 0 Å². The summed E-state index contributed by atoms with van der Waals surface area (Å²) in [5, 5.41) is 3.15. The molecule has 0 aliphatic carbocycles. The predicted octanol–water partition coefficient (Wildman–Crippen LogP) is 3.58. The fourth-order valence-electron chi connectivity index (χ4n) is 4.07. The molecule has 1 aliphatic heterocycles. The summed E-state index contributed by atoms with van der Waals surface area (Å²) in [5.41, 5.74) is 11.8. The summed E-state index contributed by atoms with van der Waals surface area (Å²) in [5.74, 6) is 0.193. The van der Waals surface area contributed by atoms with Crippen LogP contribution in [-0.2, 0) is 17.8 Å². The van der Waals surface area contributed by atoms with Crippen molar-refractivity contribution in [3.63, 3.8) is 0 Å². The minimum atomic E-state index is 0.0554. The molecule has 4 rings (SSSR count). The Bertz CT molecular complexity index is 917. The van der Waals surface area contributed by atoms with Gasteiger partial charge in [-0.25, -0.2) is 0 Å². The Kier molecular flexibility index (Phi) is 5.92. The van der Waals surface area contributed by atoms with Crippen LogP contribution >= 0.6 is 0 Å². The van der Waals surface area contributed by atoms with Crippen molar-refractivity contribution in [3.8, 4) is 0 Å². The summed E-state index contributed by atoms with van der Waals surface area (Å²) in [6.07, 6.45) is 0.935. The number of nitrogen functional groups attached to an aromatic ring is 1. The Balaban J connectivity index is 1.39. The van der Waals surface area contributed by atoms with E-state index in [1.807, 2.05) is 48.5 Å². The Hall–Kier alpha value is -3.11. The van der Waals surface area contributed by atoms with Gasteiger partial charge in [0.2, 0.25) is 5.91 Å². The highest BCUT2D eigenvalue weighted by Crippen LogP contribution is 2.25. The maximum absolute atomic E-state index is 12.7. The van der Waals surface area contributed by atoms with Crippen molar-refractivity contribution in [3.05, 3.63) is 101 Å². The van der Waals surface area contributed by atoms with Crippen LogP contribution in [0.1, 0.15) is 28.2 Å². The first kappa shape index (κ1) is 19.2. The molecule has 0 unspecified atom stereocenters. The van der Waals surface area contributed by atoms with Gasteiger partial charge in [0.25, 0.3) is 0 Å². The summed E-state index contributed by atoms with van der Waals surface area (Å²) >= 11 is 0. The number of nitrogens with zero attached hydrogens (tertiary/aromatic N) is 1. The first-order chi connectivity index (χ1) is 14.2. The van der Waals surface area contributed by atoms with Crippen molar-refractivity contribution < 1.29 is 4.79 Å². The first-order valence-electron chi connectivity index (χ1n) is 10.2. The van der Waals surface area contributed by atoms with E-state index in [2.05, 4.69) is 40.5 Å². The monoisotopic (exact) mass is 385 g/mol. The van der Waals surface area contributed by atoms with Crippen molar-refractivity contribution in [2.75, 3.05) is 25.4 Å². The Morgan fingerprint density at radius 1 is 0.931 bits per heavy atom. The van der Waals surface area contributed by atoms with Crippen LogP contribution in [0.5, 0.6) is 0 Å². The highest BCUT2D eigenvalue weighted by atomic mass is 16.2. The third-order valence-corrected chi connectivity index (χ3v) is 5.66. The molecule has 0 fully saturated rings. The summed E-state index contributed by atoms with van der Waals surface area (Å²) in [6.45, 7) is 2.59. The van der Waals surface area contributed by atoms with E-state index in [0.717, 1.165) is 30.8 Å². The average Bonchev–Trinajstić information content (AvgIpc) is 2.76. The Morgan fingerprint density at radius 2 is 1.59 bits per heavy atom. The number of carbonyl (C=O) groups excluding carboxylic acids is 1. The fraction of sp³-hybridized carbons (Fsp3) is 0.240. The third-order valence-electron chi connectivity index (χ3n) is 5.66. The third kappa shape index (κ3) is 4.66. The van der Waals surface area contributed by atoms with Gasteiger partial charge in [-0.1, -0.05) is 72.8 Å². The van der Waals surface area contributed by atoms with E-state index in [9.17, 15) is 4.79 Å². The molecule has 3 N–H and O–H groups in total. The summed E-state index contributed by atoms with van der Waals surface area (Å²) in [6, 6.07) is 26.8. The van der Waals surface area contributed by atoms with Gasteiger partial charge in [0.1, 0.15) is 0 Å². The van der Waals surface area contributed by atoms with Crippen LogP contribution in [0, 0.1) is 0 Å². The molecule has 0 saturated carbocycles. The van der Waals surface area contributed by atoms with Crippen molar-refractivity contribution >= 4 is 11.6 Å². The lowest BCUT2D eigenvalue weighted by atomic mass is 9.91. The van der Waals surface area contributed by atoms with Crippen LogP contribution < -0.4 is 11.1 Å². The second-order valence-electron chi connectivity index (χ2n) is 7.62. The SMILES string of the molecule is Nc1cccc2c1CN(CC(=O)NCC(c1ccccc1)c1ccccc1)CC2. The quantitative estimate of drug-likeness (QED) is 0.638. The molecule has 0 aromatic heterocycles. The zero-order valence-electron chi connectivity index (χ0n) is 16.6. The molecule has 1 heterocycles. The average molecular weight is 386 g/mol. The van der Waals surface area contributed by atoms with Gasteiger partial charge in [0, 0.05) is 31.2 Å². The Morgan fingerprint density at radius 3 is 2.24 bits per heavy atom. The molecule has 1 amide bonds. The van der Waals surface area contributed by atoms with Crippen LogP contribution in [0.15, 0.2) is 78.9 Å². The number of carbonyl (C=O) groups is 1. The highest BCUT2D eigenvalue weighted by Gasteiger charge is 2.21. The van der Waals surface area contributed by atoms with E-state index in [1.54, 1.807) is 0 Å². The number of nitrogens with one attached hydrogen (secondary N) is 1. The lowest BCUT2D eigenvalue weighted by Gasteiger charge is -2.29. The van der Waals surface area contributed by atoms with Gasteiger partial charge >= 0.3 is 0 Å². The number of hydrogen-bond acceptors (Lipinski definition) is 3. The summed E-state index contributed by atoms with van der Waals surface area (Å²) in [7, 11) is 0. The summed E-state index contributed by atoms with van der Waals surface area (Å²) < 4.78 is 0. The normalized spacial score (nSPS) is 13.8. The van der Waals surface area contributed by atoms with E-state index in [-0.39, 0.29) is 11.8 Å². The van der Waals surface area contributed by atoms with Crippen LogP contribution in [0.3, 0.4) is 0 Å². The van der Waals surface area contributed by atoms with Crippen LogP contribution in [0.2, 0.25) is 0 Å².